The monoisotopic (exact) mass is 377 g/mol. The minimum absolute atomic E-state index is 0.320. The molecule has 2 aromatic rings. The van der Waals surface area contributed by atoms with Crippen LogP contribution in [0.1, 0.15) is 31.0 Å². The molecule has 0 spiro atoms. The molecular weight excluding hydrogens is 358 g/mol. The highest BCUT2D eigenvalue weighted by Gasteiger charge is 2.40. The van der Waals surface area contributed by atoms with Crippen molar-refractivity contribution in [3.05, 3.63) is 83.1 Å². The number of aliphatic imine (C=N–C) groups is 1. The van der Waals surface area contributed by atoms with E-state index in [1.807, 2.05) is 72.6 Å². The van der Waals surface area contributed by atoms with Gasteiger partial charge in [-0.1, -0.05) is 60.7 Å². The molecule has 1 unspecified atom stereocenters. The third-order valence-corrected chi connectivity index (χ3v) is 5.36. The summed E-state index contributed by atoms with van der Waals surface area (Å²) in [6.45, 7) is 3.98. The minimum Gasteiger partial charge on any atom is -0.463 e. The van der Waals surface area contributed by atoms with Crippen LogP contribution in [0.4, 0.5) is 0 Å². The average molecular weight is 377 g/mol. The Bertz CT molecular complexity index is 952. The number of allylic oxidation sites excluding steroid dienone is 1. The molecule has 0 saturated carbocycles. The summed E-state index contributed by atoms with van der Waals surface area (Å²) < 4.78 is 5.32. The van der Waals surface area contributed by atoms with Gasteiger partial charge in [-0.15, -0.1) is 0 Å². The first-order chi connectivity index (χ1) is 13.2. The van der Waals surface area contributed by atoms with Crippen LogP contribution in [0.15, 0.2) is 82.0 Å². The smallest absolute Gasteiger partial charge is 0.338 e. The number of ether oxygens (including phenoxy) is 1. The highest BCUT2D eigenvalue weighted by Crippen LogP contribution is 2.42. The molecular formula is C21H19N3O2S. The third kappa shape index (κ3) is 3.28. The van der Waals surface area contributed by atoms with E-state index >= 15 is 0 Å². The van der Waals surface area contributed by atoms with Gasteiger partial charge in [-0.05, 0) is 31.2 Å². The molecule has 0 N–H and O–H groups in total. The van der Waals surface area contributed by atoms with Gasteiger partial charge < -0.3 is 4.74 Å². The summed E-state index contributed by atoms with van der Waals surface area (Å²) >= 11 is 1.52. The topological polar surface area (TPSA) is 54.3 Å². The maximum Gasteiger partial charge on any atom is 0.338 e. The Morgan fingerprint density at radius 1 is 1.11 bits per heavy atom. The maximum atomic E-state index is 12.7. The van der Waals surface area contributed by atoms with Gasteiger partial charge in [0.05, 0.1) is 17.9 Å². The Kier molecular flexibility index (Phi) is 4.81. The molecule has 4 rings (SSSR count). The van der Waals surface area contributed by atoms with Gasteiger partial charge >= 0.3 is 5.97 Å². The quantitative estimate of drug-likeness (QED) is 0.744. The van der Waals surface area contributed by atoms with Gasteiger partial charge in [0.25, 0.3) is 0 Å². The lowest BCUT2D eigenvalue weighted by Gasteiger charge is -2.31. The lowest BCUT2D eigenvalue weighted by molar-refractivity contribution is -0.139. The normalized spacial score (nSPS) is 18.7. The van der Waals surface area contributed by atoms with Crippen molar-refractivity contribution in [1.29, 1.82) is 0 Å². The maximum absolute atomic E-state index is 12.7. The fourth-order valence-electron chi connectivity index (χ4n) is 3.17. The first-order valence-corrected chi connectivity index (χ1v) is 9.63. The largest absolute Gasteiger partial charge is 0.463 e. The van der Waals surface area contributed by atoms with Crippen molar-refractivity contribution in [2.24, 2.45) is 10.1 Å². The van der Waals surface area contributed by atoms with Gasteiger partial charge in [0.2, 0.25) is 0 Å². The van der Waals surface area contributed by atoms with E-state index in [9.17, 15) is 4.79 Å². The number of benzene rings is 2. The molecule has 0 amide bonds. The van der Waals surface area contributed by atoms with Crippen molar-refractivity contribution in [2.45, 2.75) is 19.9 Å². The molecule has 0 bridgehead atoms. The second-order valence-electron chi connectivity index (χ2n) is 6.14. The first kappa shape index (κ1) is 17.5. The molecule has 2 aliphatic rings. The Morgan fingerprint density at radius 3 is 2.44 bits per heavy atom. The van der Waals surface area contributed by atoms with Gasteiger partial charge in [-0.2, -0.15) is 5.10 Å². The van der Waals surface area contributed by atoms with E-state index in [0.29, 0.717) is 17.9 Å². The van der Waals surface area contributed by atoms with Crippen LogP contribution in [0.2, 0.25) is 0 Å². The number of hydrazone groups is 1. The van der Waals surface area contributed by atoms with Crippen molar-refractivity contribution < 1.29 is 9.53 Å². The number of rotatable bonds is 4. The number of carbonyl (C=O) groups is 1. The summed E-state index contributed by atoms with van der Waals surface area (Å²) in [7, 11) is 0. The van der Waals surface area contributed by atoms with Crippen LogP contribution in [-0.4, -0.2) is 27.8 Å². The number of thioether (sulfide) groups is 1. The molecule has 2 aliphatic heterocycles. The first-order valence-electron chi connectivity index (χ1n) is 8.81. The highest BCUT2D eigenvalue weighted by molar-refractivity contribution is 8.27. The summed E-state index contributed by atoms with van der Waals surface area (Å²) in [6, 6.07) is 19.5. The molecule has 0 fully saturated rings. The SMILES string of the molecule is CCOC(=O)C1=C(C)N=C2SC(c3ccccc3)=NN2C1c1ccccc1. The summed E-state index contributed by atoms with van der Waals surface area (Å²) in [4.78, 5) is 17.4. The average Bonchev–Trinajstić information content (AvgIpc) is 3.12. The van der Waals surface area contributed by atoms with E-state index in [1.165, 1.54) is 11.8 Å². The molecule has 136 valence electrons. The summed E-state index contributed by atoms with van der Waals surface area (Å²) in [5, 5.41) is 8.28. The van der Waals surface area contributed by atoms with E-state index in [1.54, 1.807) is 6.92 Å². The Hall–Kier alpha value is -2.86. The van der Waals surface area contributed by atoms with Crippen LogP contribution >= 0.6 is 11.8 Å². The standard InChI is InChI=1S/C21H19N3O2S/c1-3-26-20(25)17-14(2)22-21-24(18(17)15-10-6-4-7-11-15)23-19(27-21)16-12-8-5-9-13-16/h4-13,18H,3H2,1-2H3. The molecule has 2 aromatic carbocycles. The van der Waals surface area contributed by atoms with E-state index in [4.69, 9.17) is 9.84 Å². The lowest BCUT2D eigenvalue weighted by Crippen LogP contribution is -2.34. The number of hydrogen-bond acceptors (Lipinski definition) is 6. The van der Waals surface area contributed by atoms with Crippen LogP contribution in [0, 0.1) is 0 Å². The van der Waals surface area contributed by atoms with Gasteiger partial charge in [-0.25, -0.2) is 14.8 Å². The second-order valence-corrected chi connectivity index (χ2v) is 7.10. The van der Waals surface area contributed by atoms with Crippen LogP contribution in [-0.2, 0) is 9.53 Å². The van der Waals surface area contributed by atoms with Gasteiger partial charge in [0.1, 0.15) is 11.1 Å². The molecule has 5 nitrogen and oxygen atoms in total. The number of hydrogen-bond donors (Lipinski definition) is 0. The number of nitrogens with zero attached hydrogens (tertiary/aromatic N) is 3. The van der Waals surface area contributed by atoms with Crippen LogP contribution < -0.4 is 0 Å². The zero-order chi connectivity index (χ0) is 18.8. The highest BCUT2D eigenvalue weighted by atomic mass is 32.2. The number of amidine groups is 1. The number of esters is 1. The van der Waals surface area contributed by atoms with Crippen molar-refractivity contribution in [2.75, 3.05) is 6.61 Å². The Labute approximate surface area is 162 Å². The van der Waals surface area contributed by atoms with Crippen molar-refractivity contribution in [3.63, 3.8) is 0 Å². The summed E-state index contributed by atoms with van der Waals surface area (Å²) in [5.41, 5.74) is 3.21. The van der Waals surface area contributed by atoms with Crippen molar-refractivity contribution in [1.82, 2.24) is 5.01 Å². The molecule has 0 radical (unpaired) electrons. The molecule has 0 saturated heterocycles. The fraction of sp³-hybridized carbons (Fsp3) is 0.190. The lowest BCUT2D eigenvalue weighted by atomic mass is 9.96. The zero-order valence-corrected chi connectivity index (χ0v) is 15.9. The third-order valence-electron chi connectivity index (χ3n) is 4.39. The minimum atomic E-state index is -0.355. The zero-order valence-electron chi connectivity index (χ0n) is 15.1. The predicted octanol–water partition coefficient (Wildman–Crippen LogP) is 4.35. The van der Waals surface area contributed by atoms with E-state index in [0.717, 1.165) is 21.3 Å². The van der Waals surface area contributed by atoms with Crippen LogP contribution in [0.5, 0.6) is 0 Å². The van der Waals surface area contributed by atoms with Crippen LogP contribution in [0.25, 0.3) is 0 Å². The van der Waals surface area contributed by atoms with Crippen molar-refractivity contribution >= 4 is 27.9 Å². The molecule has 0 aliphatic carbocycles. The molecule has 6 heteroatoms. The second kappa shape index (κ2) is 7.40. The Morgan fingerprint density at radius 2 is 1.78 bits per heavy atom. The predicted molar refractivity (Wildman–Crippen MR) is 108 cm³/mol. The van der Waals surface area contributed by atoms with Crippen molar-refractivity contribution in [3.8, 4) is 0 Å². The van der Waals surface area contributed by atoms with E-state index < -0.39 is 0 Å². The number of carbonyl (C=O) groups excluding carboxylic acids is 1. The summed E-state index contributed by atoms with van der Waals surface area (Å²) in [6.07, 6.45) is 0. The Balaban J connectivity index is 1.81. The molecule has 27 heavy (non-hydrogen) atoms. The van der Waals surface area contributed by atoms with Gasteiger partial charge in [0, 0.05) is 5.56 Å². The van der Waals surface area contributed by atoms with Gasteiger partial charge in [-0.3, -0.25) is 0 Å². The van der Waals surface area contributed by atoms with Gasteiger partial charge in [0.15, 0.2) is 5.17 Å². The van der Waals surface area contributed by atoms with Crippen LogP contribution in [0.3, 0.4) is 0 Å². The molecule has 0 aromatic heterocycles. The molecule has 2 heterocycles. The molecule has 1 atom stereocenters. The van der Waals surface area contributed by atoms with E-state index in [2.05, 4.69) is 4.99 Å². The summed E-state index contributed by atoms with van der Waals surface area (Å²) in [5.74, 6) is -0.347. The fourth-order valence-corrected chi connectivity index (χ4v) is 4.15. The number of fused-ring (bicyclic) bond motifs is 1. The van der Waals surface area contributed by atoms with E-state index in [-0.39, 0.29) is 12.0 Å².